The Labute approximate surface area is 125 Å². The van der Waals surface area contributed by atoms with Crippen LogP contribution in [0.15, 0.2) is 35.3 Å². The molecule has 0 saturated carbocycles. The number of nitrogens with zero attached hydrogens (tertiary/aromatic N) is 1. The maximum absolute atomic E-state index is 12.3. The topological polar surface area (TPSA) is 132 Å². The summed E-state index contributed by atoms with van der Waals surface area (Å²) in [4.78, 5) is 16.4. The zero-order valence-corrected chi connectivity index (χ0v) is 11.5. The summed E-state index contributed by atoms with van der Waals surface area (Å²) in [5.74, 6) is -0.576. The molecule has 2 aliphatic heterocycles. The van der Waals surface area contributed by atoms with Crippen LogP contribution in [0.25, 0.3) is 0 Å². The molecule has 0 radical (unpaired) electrons. The van der Waals surface area contributed by atoms with Gasteiger partial charge in [-0.1, -0.05) is 30.3 Å². The lowest BCUT2D eigenvalue weighted by atomic mass is 9.91. The van der Waals surface area contributed by atoms with Gasteiger partial charge in [0.15, 0.2) is 0 Å². The molecule has 1 saturated heterocycles. The van der Waals surface area contributed by atoms with Gasteiger partial charge in [-0.2, -0.15) is 0 Å². The molecule has 5 atom stereocenters. The van der Waals surface area contributed by atoms with Crippen LogP contribution in [0.2, 0.25) is 0 Å². The van der Waals surface area contributed by atoms with Crippen LogP contribution >= 0.6 is 0 Å². The smallest absolute Gasteiger partial charge is 0.283 e. The number of benzene rings is 1. The van der Waals surface area contributed by atoms with Gasteiger partial charge in [0.1, 0.15) is 30.3 Å². The largest absolute Gasteiger partial charge is 0.394 e. The molecule has 1 amide bonds. The Balaban J connectivity index is 2.01. The van der Waals surface area contributed by atoms with Crippen molar-refractivity contribution in [1.82, 2.24) is 5.32 Å². The number of ether oxygens (including phenoxy) is 1. The first-order valence-corrected chi connectivity index (χ1v) is 6.79. The second kappa shape index (κ2) is 5.41. The average Bonchev–Trinajstić information content (AvgIpc) is 2.87. The number of amides is 1. The quantitative estimate of drug-likeness (QED) is 0.419. The lowest BCUT2D eigenvalue weighted by molar-refractivity contribution is -0.261. The van der Waals surface area contributed by atoms with Crippen LogP contribution in [0.4, 0.5) is 0 Å². The maximum Gasteiger partial charge on any atom is 0.283 e. The lowest BCUT2D eigenvalue weighted by Gasteiger charge is -2.43. The number of aliphatic hydroxyl groups is 4. The molecule has 0 bridgehead atoms. The Morgan fingerprint density at radius 3 is 2.50 bits per heavy atom. The molecule has 3 rings (SSSR count). The van der Waals surface area contributed by atoms with Crippen LogP contribution in [0.3, 0.4) is 0 Å². The first-order valence-electron chi connectivity index (χ1n) is 6.79. The van der Waals surface area contributed by atoms with E-state index in [1.165, 1.54) is 0 Å². The summed E-state index contributed by atoms with van der Waals surface area (Å²) >= 11 is 0. The zero-order chi connectivity index (χ0) is 15.9. The third kappa shape index (κ3) is 2.13. The number of carbonyl (C=O) groups is 1. The van der Waals surface area contributed by atoms with E-state index in [0.29, 0.717) is 5.56 Å². The lowest BCUT2D eigenvalue weighted by Crippen LogP contribution is -2.67. The van der Waals surface area contributed by atoms with E-state index >= 15 is 0 Å². The summed E-state index contributed by atoms with van der Waals surface area (Å²) in [6.07, 6.45) is -6.18. The van der Waals surface area contributed by atoms with E-state index in [2.05, 4.69) is 10.3 Å². The van der Waals surface area contributed by atoms with Gasteiger partial charge in [0.2, 0.25) is 0 Å². The van der Waals surface area contributed by atoms with Gasteiger partial charge in [-0.25, -0.2) is 4.99 Å². The van der Waals surface area contributed by atoms with Crippen LogP contribution in [0.5, 0.6) is 0 Å². The molecular weight excluding hydrogens is 292 g/mol. The Bertz CT molecular complexity index is 605. The summed E-state index contributed by atoms with van der Waals surface area (Å²) in [7, 11) is 0. The van der Waals surface area contributed by atoms with Crippen LogP contribution in [0.1, 0.15) is 5.56 Å². The second-order valence-corrected chi connectivity index (χ2v) is 5.24. The molecule has 8 nitrogen and oxygen atoms in total. The van der Waals surface area contributed by atoms with Gasteiger partial charge in [-0.15, -0.1) is 0 Å². The van der Waals surface area contributed by atoms with E-state index in [0.717, 1.165) is 0 Å². The van der Waals surface area contributed by atoms with Gasteiger partial charge >= 0.3 is 0 Å². The molecular formula is C14H16N2O6. The van der Waals surface area contributed by atoms with Crippen LogP contribution in [0, 0.1) is 0 Å². The summed E-state index contributed by atoms with van der Waals surface area (Å²) in [6.45, 7) is -0.629. The van der Waals surface area contributed by atoms with E-state index in [-0.39, 0.29) is 5.84 Å². The number of aliphatic hydroxyl groups excluding tert-OH is 4. The van der Waals surface area contributed by atoms with Crippen molar-refractivity contribution >= 4 is 11.7 Å². The molecule has 1 aromatic carbocycles. The number of carbonyl (C=O) groups excluding carboxylic acids is 1. The molecule has 1 aromatic rings. The molecule has 1 fully saturated rings. The maximum atomic E-state index is 12.3. The highest BCUT2D eigenvalue weighted by atomic mass is 16.6. The van der Waals surface area contributed by atoms with E-state index in [1.807, 2.05) is 0 Å². The third-order valence-electron chi connectivity index (χ3n) is 3.85. The van der Waals surface area contributed by atoms with Crippen LogP contribution < -0.4 is 5.32 Å². The average molecular weight is 308 g/mol. The molecule has 8 heteroatoms. The highest BCUT2D eigenvalue weighted by Gasteiger charge is 2.60. The zero-order valence-electron chi connectivity index (χ0n) is 11.5. The molecule has 2 aliphatic rings. The van der Waals surface area contributed by atoms with Crippen molar-refractivity contribution in [2.75, 3.05) is 6.61 Å². The highest BCUT2D eigenvalue weighted by molar-refractivity contribution is 6.15. The van der Waals surface area contributed by atoms with Gasteiger partial charge in [-0.3, -0.25) is 4.79 Å². The fourth-order valence-electron chi connectivity index (χ4n) is 2.61. The monoisotopic (exact) mass is 308 g/mol. The van der Waals surface area contributed by atoms with Gasteiger partial charge in [0.25, 0.3) is 11.6 Å². The van der Waals surface area contributed by atoms with Gasteiger partial charge < -0.3 is 30.5 Å². The summed E-state index contributed by atoms with van der Waals surface area (Å²) in [5.41, 5.74) is -1.48. The van der Waals surface area contributed by atoms with Crippen LogP contribution in [-0.2, 0) is 9.53 Å². The van der Waals surface area contributed by atoms with Gasteiger partial charge in [0.05, 0.1) is 6.61 Å². The predicted molar refractivity (Wildman–Crippen MR) is 73.8 cm³/mol. The normalized spacial score (nSPS) is 38.0. The van der Waals surface area contributed by atoms with Crippen molar-refractivity contribution in [2.24, 2.45) is 4.99 Å². The standard InChI is InChI=1S/C14H16N2O6/c17-6-8-9(18)10(19)11(20)14(22-8)13(21)15-12(16-14)7-4-2-1-3-5-7/h1-5,8-11,17-20H,6H2,(H,15,16,21)/t8-,9-,10+,11-,14-/m1/s1. The fraction of sp³-hybridized carbons (Fsp3) is 0.429. The van der Waals surface area contributed by atoms with Gasteiger partial charge in [-0.05, 0) is 0 Å². The molecule has 0 aromatic heterocycles. The first kappa shape index (κ1) is 15.1. The second-order valence-electron chi connectivity index (χ2n) is 5.24. The Kier molecular flexibility index (Phi) is 3.71. The number of rotatable bonds is 2. The van der Waals surface area contributed by atoms with Crippen molar-refractivity contribution < 1.29 is 30.0 Å². The number of aliphatic imine (C=N–C) groups is 1. The molecule has 0 unspecified atom stereocenters. The van der Waals surface area contributed by atoms with Crippen LogP contribution in [-0.4, -0.2) is 68.9 Å². The van der Waals surface area contributed by atoms with Crippen molar-refractivity contribution in [1.29, 1.82) is 0 Å². The van der Waals surface area contributed by atoms with Gasteiger partial charge in [0, 0.05) is 5.56 Å². The summed E-state index contributed by atoms with van der Waals surface area (Å²) < 4.78 is 5.33. The first-order chi connectivity index (χ1) is 10.5. The van der Waals surface area contributed by atoms with Crippen molar-refractivity contribution in [3.63, 3.8) is 0 Å². The molecule has 5 N–H and O–H groups in total. The Morgan fingerprint density at radius 2 is 1.86 bits per heavy atom. The summed E-state index contributed by atoms with van der Waals surface area (Å²) in [5, 5.41) is 41.5. The highest BCUT2D eigenvalue weighted by Crippen LogP contribution is 2.34. The third-order valence-corrected chi connectivity index (χ3v) is 3.85. The molecule has 0 aliphatic carbocycles. The van der Waals surface area contributed by atoms with E-state index < -0.39 is 42.7 Å². The fourth-order valence-corrected chi connectivity index (χ4v) is 2.61. The minimum atomic E-state index is -2.09. The number of hydrogen-bond donors (Lipinski definition) is 5. The Morgan fingerprint density at radius 1 is 1.18 bits per heavy atom. The molecule has 2 heterocycles. The van der Waals surface area contributed by atoms with Crippen molar-refractivity contribution in [2.45, 2.75) is 30.1 Å². The minimum Gasteiger partial charge on any atom is -0.394 e. The SMILES string of the molecule is O=C1NC(c2ccccc2)=N[C@]12O[C@H](CO)[C@@H](O)[C@H](O)[C@H]2O. The number of hydrogen-bond acceptors (Lipinski definition) is 7. The van der Waals surface area contributed by atoms with Crippen molar-refractivity contribution in [3.05, 3.63) is 35.9 Å². The summed E-state index contributed by atoms with van der Waals surface area (Å²) in [6, 6.07) is 8.72. The molecule has 22 heavy (non-hydrogen) atoms. The van der Waals surface area contributed by atoms with E-state index in [9.17, 15) is 25.2 Å². The Hall–Kier alpha value is -1.84. The minimum absolute atomic E-state index is 0.185. The van der Waals surface area contributed by atoms with E-state index in [4.69, 9.17) is 4.74 Å². The number of nitrogens with one attached hydrogen (secondary N) is 1. The van der Waals surface area contributed by atoms with E-state index in [1.54, 1.807) is 30.3 Å². The molecule has 1 spiro atoms. The number of amidine groups is 1. The van der Waals surface area contributed by atoms with Crippen molar-refractivity contribution in [3.8, 4) is 0 Å². The molecule has 118 valence electrons. The predicted octanol–water partition coefficient (Wildman–Crippen LogP) is -2.27.